The molecule has 0 radical (unpaired) electrons. The molecule has 3 aliphatic carbocycles. The van der Waals surface area contributed by atoms with Gasteiger partial charge in [-0.05, 0) is 73.8 Å². The molecule has 13 heteroatoms. The number of fused-ring (bicyclic) bond motifs is 3. The highest BCUT2D eigenvalue weighted by Crippen LogP contribution is 2.53. The molecule has 0 spiro atoms. The largest absolute Gasteiger partial charge is 0.507 e. The van der Waals surface area contributed by atoms with Gasteiger partial charge in [0, 0.05) is 23.2 Å². The van der Waals surface area contributed by atoms with Crippen LogP contribution in [-0.2, 0) is 35.4 Å². The number of nitrogens with one attached hydrogen (secondary N) is 1. The summed E-state index contributed by atoms with van der Waals surface area (Å²) in [4.78, 5) is 63.3. The number of phenols is 1. The Morgan fingerprint density at radius 2 is 1.89 bits per heavy atom. The van der Waals surface area contributed by atoms with Gasteiger partial charge in [0.15, 0.2) is 11.4 Å². The van der Waals surface area contributed by atoms with Crippen molar-refractivity contribution in [3.05, 3.63) is 64.9 Å². The van der Waals surface area contributed by atoms with Crippen molar-refractivity contribution >= 4 is 34.8 Å². The lowest BCUT2D eigenvalue weighted by Gasteiger charge is -2.53. The highest BCUT2D eigenvalue weighted by molar-refractivity contribution is 6.25. The molecule has 7 N–H and O–H groups in total. The van der Waals surface area contributed by atoms with Crippen molar-refractivity contribution < 1.29 is 49.4 Å². The predicted octanol–water partition coefficient (Wildman–Crippen LogP) is 0.580. The second kappa shape index (κ2) is 10.6. The topological polar surface area (TPSA) is 209 Å². The van der Waals surface area contributed by atoms with Gasteiger partial charge >= 0.3 is 0 Å². The second-order valence-corrected chi connectivity index (χ2v) is 11.7. The van der Waals surface area contributed by atoms with E-state index in [9.17, 15) is 39.6 Å². The number of aliphatic hydroxyl groups excluding tert-OH is 2. The van der Waals surface area contributed by atoms with Gasteiger partial charge in [0.05, 0.1) is 11.7 Å². The first-order valence-corrected chi connectivity index (χ1v) is 14.0. The molecule has 13 nitrogen and oxygen atoms in total. The maximum atomic E-state index is 14.0. The van der Waals surface area contributed by atoms with E-state index in [0.29, 0.717) is 22.4 Å². The van der Waals surface area contributed by atoms with Gasteiger partial charge < -0.3 is 41.3 Å². The molecule has 2 saturated carbocycles. The highest BCUT2D eigenvalue weighted by atomic mass is 17.2. The van der Waals surface area contributed by atoms with Crippen LogP contribution in [0.1, 0.15) is 17.5 Å². The lowest BCUT2D eigenvalue weighted by molar-refractivity contribution is -0.233. The Bertz CT molecular complexity index is 1680. The summed E-state index contributed by atoms with van der Waals surface area (Å²) in [6, 6.07) is 8.88. The Morgan fingerprint density at radius 1 is 1.14 bits per heavy atom. The maximum Gasteiger partial charge on any atom is 0.294 e. The number of Topliss-reactive ketones (excluding diaryl/α,β-unsaturated/α-hetero) is 2. The average molecular weight is 606 g/mol. The number of nitrogens with zero attached hydrogens (tertiary/aromatic N) is 1. The van der Waals surface area contributed by atoms with E-state index >= 15 is 0 Å². The number of ketones is 2. The van der Waals surface area contributed by atoms with E-state index in [1.54, 1.807) is 44.4 Å². The summed E-state index contributed by atoms with van der Waals surface area (Å²) in [7, 11) is 3.19. The van der Waals surface area contributed by atoms with E-state index in [2.05, 4.69) is 5.32 Å². The van der Waals surface area contributed by atoms with Crippen LogP contribution in [0.15, 0.2) is 53.8 Å². The van der Waals surface area contributed by atoms with Gasteiger partial charge in [-0.3, -0.25) is 19.2 Å². The maximum absolute atomic E-state index is 14.0. The smallest absolute Gasteiger partial charge is 0.294 e. The number of hydrogen-bond donors (Lipinski definition) is 6. The highest BCUT2D eigenvalue weighted by Gasteiger charge is 2.67. The first-order valence-electron chi connectivity index (χ1n) is 14.0. The molecule has 2 amide bonds. The number of likely N-dealkylation sites (N-methyl/N-ethyl adjacent to an activating group) is 1. The van der Waals surface area contributed by atoms with Gasteiger partial charge in [-0.1, -0.05) is 18.2 Å². The number of phenolic OH excluding ortho intramolecular Hbond substituents is 1. The number of primary amides is 1. The van der Waals surface area contributed by atoms with E-state index in [1.165, 1.54) is 17.0 Å². The SMILES string of the molecule is CN(C)[C@@H]1[C@@H](O)C(C(N)=O)C(=O)[C@@]2(O)C(=O)C3=C(O)c4c(O)ccc(-c5cccc(NC(=O)C6=CCOO6)c5)c4C[C@H]3C[C@@H]12. The van der Waals surface area contributed by atoms with Crippen LogP contribution in [-0.4, -0.2) is 87.2 Å². The molecule has 4 aliphatic rings. The Balaban J connectivity index is 1.44. The molecule has 1 heterocycles. The van der Waals surface area contributed by atoms with Crippen molar-refractivity contribution in [2.75, 3.05) is 26.0 Å². The lowest BCUT2D eigenvalue weighted by atomic mass is 9.54. The Hall–Kier alpha value is -4.56. The number of amides is 2. The number of benzene rings is 2. The van der Waals surface area contributed by atoms with Crippen LogP contribution in [0.5, 0.6) is 5.75 Å². The summed E-state index contributed by atoms with van der Waals surface area (Å²) in [5.74, 6) is -8.53. The lowest BCUT2D eigenvalue weighted by Crippen LogP contribution is -2.73. The molecule has 0 saturated heterocycles. The minimum absolute atomic E-state index is 0.000573. The molecule has 2 aromatic carbocycles. The molecule has 6 rings (SSSR count). The molecule has 1 aliphatic heterocycles. The molecule has 0 bridgehead atoms. The first kappa shape index (κ1) is 29.5. The van der Waals surface area contributed by atoms with Crippen LogP contribution in [0, 0.1) is 17.8 Å². The monoisotopic (exact) mass is 605 g/mol. The van der Waals surface area contributed by atoms with Crippen LogP contribution in [0.25, 0.3) is 16.9 Å². The Morgan fingerprint density at radius 3 is 2.55 bits per heavy atom. The van der Waals surface area contributed by atoms with Crippen molar-refractivity contribution in [2.45, 2.75) is 30.6 Å². The predicted molar refractivity (Wildman–Crippen MR) is 153 cm³/mol. The van der Waals surface area contributed by atoms with Crippen molar-refractivity contribution in [2.24, 2.45) is 23.5 Å². The Kier molecular flexibility index (Phi) is 7.08. The normalized spacial score (nSPS) is 29.4. The molecular formula is C31H31N3O10. The first-order chi connectivity index (χ1) is 20.9. The van der Waals surface area contributed by atoms with Crippen molar-refractivity contribution in [1.29, 1.82) is 0 Å². The zero-order valence-corrected chi connectivity index (χ0v) is 23.8. The van der Waals surface area contributed by atoms with E-state index < -0.39 is 64.6 Å². The number of aliphatic hydroxyl groups is 3. The van der Waals surface area contributed by atoms with Crippen molar-refractivity contribution in [3.8, 4) is 16.9 Å². The van der Waals surface area contributed by atoms with Gasteiger partial charge in [-0.25, -0.2) is 0 Å². The Labute approximate surface area is 251 Å². The zero-order valence-electron chi connectivity index (χ0n) is 23.8. The fraction of sp³-hybridized carbons (Fsp3) is 0.355. The molecular weight excluding hydrogens is 574 g/mol. The van der Waals surface area contributed by atoms with Crippen molar-refractivity contribution in [3.63, 3.8) is 0 Å². The number of anilines is 1. The van der Waals surface area contributed by atoms with Crippen molar-refractivity contribution in [1.82, 2.24) is 4.90 Å². The number of nitrogens with two attached hydrogens (primary N) is 1. The molecule has 230 valence electrons. The number of carbonyl (C=O) groups is 4. The second-order valence-electron chi connectivity index (χ2n) is 11.7. The van der Waals surface area contributed by atoms with Gasteiger partial charge in [0.2, 0.25) is 17.4 Å². The average Bonchev–Trinajstić information content (AvgIpc) is 3.50. The van der Waals surface area contributed by atoms with Crippen LogP contribution >= 0.6 is 0 Å². The van der Waals surface area contributed by atoms with E-state index in [-0.39, 0.29) is 42.1 Å². The third kappa shape index (κ3) is 4.31. The van der Waals surface area contributed by atoms with Gasteiger partial charge in [0.1, 0.15) is 24.0 Å². The zero-order chi connectivity index (χ0) is 31.7. The third-order valence-corrected chi connectivity index (χ3v) is 9.11. The van der Waals surface area contributed by atoms with Gasteiger partial charge in [-0.2, -0.15) is 4.89 Å². The van der Waals surface area contributed by atoms with Gasteiger partial charge in [0.25, 0.3) is 5.91 Å². The fourth-order valence-electron chi connectivity index (χ4n) is 7.20. The summed E-state index contributed by atoms with van der Waals surface area (Å²) < 4.78 is 0. The van der Waals surface area contributed by atoms with Gasteiger partial charge in [-0.15, -0.1) is 0 Å². The number of aromatic hydroxyl groups is 1. The quantitative estimate of drug-likeness (QED) is 0.205. The minimum atomic E-state index is -2.73. The van der Waals surface area contributed by atoms with Crippen LogP contribution in [0.4, 0.5) is 5.69 Å². The number of carbonyl (C=O) groups excluding carboxylic acids is 4. The van der Waals surface area contributed by atoms with Crippen LogP contribution in [0.3, 0.4) is 0 Å². The summed E-state index contributed by atoms with van der Waals surface area (Å²) in [6.07, 6.45) is 0.0516. The fourth-order valence-corrected chi connectivity index (χ4v) is 7.20. The molecule has 6 atom stereocenters. The summed E-state index contributed by atoms with van der Waals surface area (Å²) in [5.41, 5.74) is 4.61. The molecule has 2 fully saturated rings. The summed E-state index contributed by atoms with van der Waals surface area (Å²) >= 11 is 0. The van der Waals surface area contributed by atoms with Crippen LogP contribution < -0.4 is 11.1 Å². The summed E-state index contributed by atoms with van der Waals surface area (Å²) in [5, 5.41) is 47.9. The van der Waals surface area contributed by atoms with E-state index in [1.807, 2.05) is 0 Å². The molecule has 2 aromatic rings. The summed E-state index contributed by atoms with van der Waals surface area (Å²) in [6.45, 7) is 0.150. The minimum Gasteiger partial charge on any atom is -0.507 e. The standard InChI is InChI=1S/C31H31N3O10/c1-34(2)24-18-12-14-11-17-16(13-4-3-5-15(10-13)33-30(41)20-8-9-43-44-20)6-7-19(35)22(17)25(36)21(14)27(38)31(18,42)28(39)23(26(24)37)29(32)40/h3-8,10,14,18,23-24,26,35-37,42H,9,11-12H2,1-2H3,(H2,32,40)(H,33,41)/t14-,18-,23?,24-,26-,31-/m0/s1. The third-order valence-electron chi connectivity index (χ3n) is 9.11. The van der Waals surface area contributed by atoms with E-state index in [0.717, 1.165) is 0 Å². The number of rotatable bonds is 5. The molecule has 44 heavy (non-hydrogen) atoms. The van der Waals surface area contributed by atoms with Crippen LogP contribution in [0.2, 0.25) is 0 Å². The van der Waals surface area contributed by atoms with E-state index in [4.69, 9.17) is 15.5 Å². The number of hydrogen-bond acceptors (Lipinski definition) is 11. The molecule has 0 aromatic heterocycles. The molecule has 1 unspecified atom stereocenters.